The third-order valence-electron chi connectivity index (χ3n) is 8.66. The van der Waals surface area contributed by atoms with Crippen LogP contribution in [0.15, 0.2) is 66.7 Å². The molecule has 1 heterocycles. The van der Waals surface area contributed by atoms with Crippen LogP contribution in [-0.4, -0.2) is 61.7 Å². The van der Waals surface area contributed by atoms with E-state index in [1.165, 1.54) is 0 Å². The van der Waals surface area contributed by atoms with E-state index in [2.05, 4.69) is 18.7 Å². The highest BCUT2D eigenvalue weighted by molar-refractivity contribution is 5.62. The number of ether oxygens (including phenoxy) is 4. The number of nitrogens with zero attached hydrogens (tertiary/aromatic N) is 1. The third-order valence-corrected chi connectivity index (χ3v) is 8.66. The fraction of sp³-hybridized carbons (Fsp3) is 0.455. The van der Waals surface area contributed by atoms with Gasteiger partial charge in [0.2, 0.25) is 0 Å². The zero-order valence-electron chi connectivity index (χ0n) is 23.9. The second-order valence-corrected chi connectivity index (χ2v) is 10.6. The van der Waals surface area contributed by atoms with Crippen molar-refractivity contribution in [1.82, 2.24) is 4.90 Å². The van der Waals surface area contributed by atoms with Crippen molar-refractivity contribution >= 4 is 0 Å². The zero-order valence-corrected chi connectivity index (χ0v) is 23.9. The van der Waals surface area contributed by atoms with Crippen molar-refractivity contribution in [2.24, 2.45) is 0 Å². The summed E-state index contributed by atoms with van der Waals surface area (Å²) in [4.78, 5) is 2.42. The highest BCUT2D eigenvalue weighted by atomic mass is 16.5. The molecule has 5 rings (SSSR count). The van der Waals surface area contributed by atoms with Crippen LogP contribution in [0.2, 0.25) is 0 Å². The Balaban J connectivity index is 1.49. The molecule has 0 saturated heterocycles. The minimum atomic E-state index is -1.76. The van der Waals surface area contributed by atoms with Gasteiger partial charge < -0.3 is 34.1 Å². The van der Waals surface area contributed by atoms with E-state index in [9.17, 15) is 10.2 Å². The van der Waals surface area contributed by atoms with E-state index >= 15 is 0 Å². The largest absolute Gasteiger partial charge is 0.496 e. The molecule has 2 N–H and O–H groups in total. The average molecular weight is 548 g/mol. The van der Waals surface area contributed by atoms with E-state index in [0.29, 0.717) is 35.8 Å². The molecule has 2 aliphatic rings. The van der Waals surface area contributed by atoms with Gasteiger partial charge in [0.15, 0.2) is 11.2 Å². The van der Waals surface area contributed by atoms with Gasteiger partial charge in [-0.25, -0.2) is 0 Å². The van der Waals surface area contributed by atoms with Crippen molar-refractivity contribution < 1.29 is 29.2 Å². The second-order valence-electron chi connectivity index (χ2n) is 10.6. The Bertz CT molecular complexity index is 1280. The number of benzene rings is 3. The molecular formula is C33H41NO6. The topological polar surface area (TPSA) is 80.6 Å². The summed E-state index contributed by atoms with van der Waals surface area (Å²) in [6, 6.07) is 21.1. The first kappa shape index (κ1) is 28.3. The summed E-state index contributed by atoms with van der Waals surface area (Å²) in [7, 11) is 3.12. The lowest BCUT2D eigenvalue weighted by molar-refractivity contribution is -0.150. The van der Waals surface area contributed by atoms with Gasteiger partial charge in [-0.1, -0.05) is 56.3 Å². The number of hydrogen-bond acceptors (Lipinski definition) is 7. The van der Waals surface area contributed by atoms with Crippen molar-refractivity contribution in [3.8, 4) is 23.0 Å². The molecule has 7 nitrogen and oxygen atoms in total. The summed E-state index contributed by atoms with van der Waals surface area (Å²) < 4.78 is 24.1. The van der Waals surface area contributed by atoms with E-state index in [4.69, 9.17) is 18.9 Å². The summed E-state index contributed by atoms with van der Waals surface area (Å²) in [5, 5.41) is 24.1. The highest BCUT2D eigenvalue weighted by Gasteiger charge is 2.73. The van der Waals surface area contributed by atoms with Gasteiger partial charge in [-0.05, 0) is 62.2 Å². The third kappa shape index (κ3) is 4.60. The molecular weight excluding hydrogens is 506 g/mol. The SMILES string of the molecule is CCN(CC)CCCCOc1ccc([C@@]23Oc4cc(OC)cc(OC)c4[C@]2(O)[C@H](O)C[C@H]3c2ccccc2)cc1. The molecule has 1 aliphatic carbocycles. The van der Waals surface area contributed by atoms with Crippen LogP contribution in [0.3, 0.4) is 0 Å². The fourth-order valence-corrected chi connectivity index (χ4v) is 6.55. The molecule has 40 heavy (non-hydrogen) atoms. The number of aliphatic hydroxyl groups is 2. The normalized spacial score (nSPS) is 24.9. The van der Waals surface area contributed by atoms with Gasteiger partial charge in [0.05, 0.1) is 32.5 Å². The minimum Gasteiger partial charge on any atom is -0.496 e. The lowest BCUT2D eigenvalue weighted by Gasteiger charge is -2.40. The first-order valence-electron chi connectivity index (χ1n) is 14.3. The molecule has 0 aromatic heterocycles. The van der Waals surface area contributed by atoms with Crippen LogP contribution in [0.5, 0.6) is 23.0 Å². The molecule has 0 spiro atoms. The summed E-state index contributed by atoms with van der Waals surface area (Å²) in [5.41, 5.74) is -0.878. The number of methoxy groups -OCH3 is 2. The molecule has 3 aromatic carbocycles. The van der Waals surface area contributed by atoms with Crippen LogP contribution < -0.4 is 18.9 Å². The number of rotatable bonds is 12. The summed E-state index contributed by atoms with van der Waals surface area (Å²) in [6.07, 6.45) is 1.29. The molecule has 3 aromatic rings. The lowest BCUT2D eigenvalue weighted by Crippen LogP contribution is -2.52. The van der Waals surface area contributed by atoms with Crippen LogP contribution >= 0.6 is 0 Å². The van der Waals surface area contributed by atoms with Gasteiger partial charge in [-0.15, -0.1) is 0 Å². The Hall–Kier alpha value is -3.26. The number of unbranched alkanes of at least 4 members (excludes halogenated alkanes) is 1. The van der Waals surface area contributed by atoms with Crippen LogP contribution in [0.4, 0.5) is 0 Å². The maximum absolute atomic E-state index is 12.6. The Morgan fingerprint density at radius 2 is 1.65 bits per heavy atom. The van der Waals surface area contributed by atoms with Gasteiger partial charge in [-0.3, -0.25) is 0 Å². The number of aliphatic hydroxyl groups excluding tert-OH is 1. The Morgan fingerprint density at radius 3 is 2.30 bits per heavy atom. The van der Waals surface area contributed by atoms with Gasteiger partial charge in [-0.2, -0.15) is 0 Å². The number of hydrogen-bond donors (Lipinski definition) is 2. The van der Waals surface area contributed by atoms with E-state index in [-0.39, 0.29) is 5.92 Å². The van der Waals surface area contributed by atoms with E-state index < -0.39 is 17.3 Å². The smallest absolute Gasteiger partial charge is 0.176 e. The molecule has 0 bridgehead atoms. The van der Waals surface area contributed by atoms with E-state index in [1.807, 2.05) is 54.6 Å². The van der Waals surface area contributed by atoms with Crippen LogP contribution in [0, 0.1) is 0 Å². The number of fused-ring (bicyclic) bond motifs is 3. The molecule has 1 aliphatic heterocycles. The minimum absolute atomic E-state index is 0.319. The standard InChI is InChI=1S/C33H41NO6/c1-5-34(6-2)18-10-11-19-39-25-16-14-24(15-17-25)33-27(23-12-8-7-9-13-23)22-30(35)32(33,36)31-28(38-4)20-26(37-3)21-29(31)40-33/h7-9,12-17,20-21,27,30,35-36H,5-6,10-11,18-19,22H2,1-4H3/t27-,30+,32+,33-/m0/s1. The van der Waals surface area contributed by atoms with Crippen LogP contribution in [-0.2, 0) is 11.2 Å². The first-order valence-corrected chi connectivity index (χ1v) is 14.3. The summed E-state index contributed by atoms with van der Waals surface area (Å²) >= 11 is 0. The predicted molar refractivity (Wildman–Crippen MR) is 155 cm³/mol. The zero-order chi connectivity index (χ0) is 28.3. The van der Waals surface area contributed by atoms with Gasteiger partial charge in [0.1, 0.15) is 23.0 Å². The Labute approximate surface area is 237 Å². The molecule has 0 unspecified atom stereocenters. The van der Waals surface area contributed by atoms with Gasteiger partial charge in [0.25, 0.3) is 0 Å². The Morgan fingerprint density at radius 1 is 0.925 bits per heavy atom. The highest BCUT2D eigenvalue weighted by Crippen LogP contribution is 2.68. The molecule has 1 saturated carbocycles. The van der Waals surface area contributed by atoms with Crippen molar-refractivity contribution in [3.63, 3.8) is 0 Å². The monoisotopic (exact) mass is 547 g/mol. The van der Waals surface area contributed by atoms with Crippen molar-refractivity contribution in [3.05, 3.63) is 83.4 Å². The molecule has 4 atom stereocenters. The maximum atomic E-state index is 12.6. The molecule has 0 amide bonds. The van der Waals surface area contributed by atoms with Crippen molar-refractivity contribution in [2.45, 2.75) is 56.3 Å². The van der Waals surface area contributed by atoms with E-state index in [0.717, 1.165) is 49.4 Å². The van der Waals surface area contributed by atoms with E-state index in [1.54, 1.807) is 26.4 Å². The molecule has 214 valence electrons. The molecule has 0 radical (unpaired) electrons. The quantitative estimate of drug-likeness (QED) is 0.301. The molecule has 7 heteroatoms. The lowest BCUT2D eigenvalue weighted by atomic mass is 9.71. The van der Waals surface area contributed by atoms with Crippen molar-refractivity contribution in [2.75, 3.05) is 40.5 Å². The van der Waals surface area contributed by atoms with Crippen molar-refractivity contribution in [1.29, 1.82) is 0 Å². The van der Waals surface area contributed by atoms with Crippen LogP contribution in [0.1, 0.15) is 55.7 Å². The second kappa shape index (κ2) is 11.7. The molecule has 1 fully saturated rings. The average Bonchev–Trinajstić information content (AvgIpc) is 3.39. The Kier molecular flexibility index (Phi) is 8.26. The van der Waals surface area contributed by atoms with Gasteiger partial charge in [0, 0.05) is 18.1 Å². The first-order chi connectivity index (χ1) is 19.4. The predicted octanol–water partition coefficient (Wildman–Crippen LogP) is 5.23. The maximum Gasteiger partial charge on any atom is 0.176 e. The van der Waals surface area contributed by atoms with Gasteiger partial charge >= 0.3 is 0 Å². The summed E-state index contributed by atoms with van der Waals surface area (Å²) in [5.74, 6) is 1.83. The summed E-state index contributed by atoms with van der Waals surface area (Å²) in [6.45, 7) is 8.22. The van der Waals surface area contributed by atoms with Crippen LogP contribution in [0.25, 0.3) is 0 Å². The fourth-order valence-electron chi connectivity index (χ4n) is 6.55.